The molecule has 1 aliphatic rings. The highest BCUT2D eigenvalue weighted by Crippen LogP contribution is 2.19. The van der Waals surface area contributed by atoms with Crippen LogP contribution < -0.4 is 0 Å². The zero-order valence-electron chi connectivity index (χ0n) is 8.13. The third-order valence-corrected chi connectivity index (χ3v) is 2.06. The van der Waals surface area contributed by atoms with Crippen LogP contribution in [0.15, 0.2) is 23.6 Å². The van der Waals surface area contributed by atoms with E-state index in [4.69, 9.17) is 4.84 Å². The molecule has 1 rings (SSSR count). The number of rotatable bonds is 3. The van der Waals surface area contributed by atoms with Gasteiger partial charge in [-0.1, -0.05) is 13.8 Å². The summed E-state index contributed by atoms with van der Waals surface area (Å²) >= 11 is 0. The van der Waals surface area contributed by atoms with Crippen LogP contribution in [0.4, 0.5) is 0 Å². The highest BCUT2D eigenvalue weighted by molar-refractivity contribution is 5.22. The lowest BCUT2D eigenvalue weighted by Crippen LogP contribution is -2.23. The lowest BCUT2D eigenvalue weighted by Gasteiger charge is -2.27. The summed E-state index contributed by atoms with van der Waals surface area (Å²) in [5.41, 5.74) is 2.55. The molecule has 0 bridgehead atoms. The molecule has 0 unspecified atom stereocenters. The van der Waals surface area contributed by atoms with Gasteiger partial charge in [0.1, 0.15) is 6.26 Å². The quantitative estimate of drug-likeness (QED) is 0.641. The Morgan fingerprint density at radius 3 is 2.50 bits per heavy atom. The lowest BCUT2D eigenvalue weighted by molar-refractivity contribution is -0.0729. The molecule has 68 valence electrons. The highest BCUT2D eigenvalue weighted by atomic mass is 16.7. The predicted molar refractivity (Wildman–Crippen MR) is 50.2 cm³/mol. The summed E-state index contributed by atoms with van der Waals surface area (Å²) in [5, 5.41) is 1.93. The van der Waals surface area contributed by atoms with Gasteiger partial charge in [0.2, 0.25) is 0 Å². The standard InChI is InChI=1S/C10H17NO/c1-4-9-7-10(5-2)11(6-3)12-8-9/h7-8H,4-6H2,1-3H3. The van der Waals surface area contributed by atoms with Crippen molar-refractivity contribution in [1.82, 2.24) is 5.06 Å². The first-order valence-electron chi connectivity index (χ1n) is 4.65. The van der Waals surface area contributed by atoms with Crippen LogP contribution in [0.25, 0.3) is 0 Å². The summed E-state index contributed by atoms with van der Waals surface area (Å²) in [6.45, 7) is 7.29. The van der Waals surface area contributed by atoms with E-state index >= 15 is 0 Å². The molecule has 0 saturated heterocycles. The molecule has 0 aromatic heterocycles. The van der Waals surface area contributed by atoms with Gasteiger partial charge < -0.3 is 4.84 Å². The summed E-state index contributed by atoms with van der Waals surface area (Å²) in [5.74, 6) is 0. The number of hydrogen-bond acceptors (Lipinski definition) is 2. The predicted octanol–water partition coefficient (Wildman–Crippen LogP) is 2.84. The summed E-state index contributed by atoms with van der Waals surface area (Å²) in [7, 11) is 0. The molecule has 12 heavy (non-hydrogen) atoms. The van der Waals surface area contributed by atoms with E-state index in [1.54, 1.807) is 0 Å². The van der Waals surface area contributed by atoms with Crippen LogP contribution in [0.2, 0.25) is 0 Å². The molecule has 0 radical (unpaired) electrons. The maximum Gasteiger partial charge on any atom is 0.122 e. The van der Waals surface area contributed by atoms with Crippen molar-refractivity contribution >= 4 is 0 Å². The zero-order chi connectivity index (χ0) is 8.97. The second kappa shape index (κ2) is 4.19. The topological polar surface area (TPSA) is 12.5 Å². The SMILES string of the molecule is CCC1=CON(CC)C(CC)=C1. The Morgan fingerprint density at radius 2 is 2.00 bits per heavy atom. The molecule has 0 N–H and O–H groups in total. The van der Waals surface area contributed by atoms with Gasteiger partial charge >= 0.3 is 0 Å². The lowest BCUT2D eigenvalue weighted by atomic mass is 10.1. The molecule has 2 nitrogen and oxygen atoms in total. The van der Waals surface area contributed by atoms with Gasteiger partial charge in [-0.25, -0.2) is 5.06 Å². The smallest absolute Gasteiger partial charge is 0.122 e. The number of hydroxylamine groups is 2. The van der Waals surface area contributed by atoms with E-state index in [0.717, 1.165) is 19.4 Å². The molecule has 1 aliphatic heterocycles. The third-order valence-electron chi connectivity index (χ3n) is 2.06. The molecule has 0 aliphatic carbocycles. The van der Waals surface area contributed by atoms with Crippen molar-refractivity contribution < 1.29 is 4.84 Å². The summed E-state index contributed by atoms with van der Waals surface area (Å²) in [6, 6.07) is 0. The molecule has 1 heterocycles. The minimum Gasteiger partial charge on any atom is -0.387 e. The number of allylic oxidation sites excluding steroid dienone is 3. The molecule has 0 fully saturated rings. The molecule has 0 spiro atoms. The molecular weight excluding hydrogens is 150 g/mol. The largest absolute Gasteiger partial charge is 0.387 e. The number of nitrogens with zero attached hydrogens (tertiary/aromatic N) is 1. The Bertz CT molecular complexity index is 206. The molecule has 0 amide bonds. The molecular formula is C10H17NO. The monoisotopic (exact) mass is 167 g/mol. The molecule has 0 saturated carbocycles. The molecule has 2 heteroatoms. The average molecular weight is 167 g/mol. The Kier molecular flexibility index (Phi) is 3.20. The zero-order valence-corrected chi connectivity index (χ0v) is 8.13. The summed E-state index contributed by atoms with van der Waals surface area (Å²) < 4.78 is 0. The fourth-order valence-electron chi connectivity index (χ4n) is 1.26. The van der Waals surface area contributed by atoms with E-state index in [1.165, 1.54) is 11.3 Å². The van der Waals surface area contributed by atoms with Crippen molar-refractivity contribution in [2.24, 2.45) is 0 Å². The van der Waals surface area contributed by atoms with E-state index in [-0.39, 0.29) is 0 Å². The van der Waals surface area contributed by atoms with Crippen LogP contribution >= 0.6 is 0 Å². The van der Waals surface area contributed by atoms with Crippen LogP contribution in [0.3, 0.4) is 0 Å². The van der Waals surface area contributed by atoms with Gasteiger partial charge in [0, 0.05) is 0 Å². The van der Waals surface area contributed by atoms with E-state index < -0.39 is 0 Å². The van der Waals surface area contributed by atoms with E-state index in [1.807, 2.05) is 11.3 Å². The van der Waals surface area contributed by atoms with Crippen LogP contribution in [-0.2, 0) is 4.84 Å². The van der Waals surface area contributed by atoms with Gasteiger partial charge in [0.15, 0.2) is 0 Å². The Labute approximate surface area is 74.5 Å². The van der Waals surface area contributed by atoms with E-state index in [9.17, 15) is 0 Å². The first-order valence-corrected chi connectivity index (χ1v) is 4.65. The second-order valence-corrected chi connectivity index (χ2v) is 2.84. The van der Waals surface area contributed by atoms with Crippen LogP contribution in [0, 0.1) is 0 Å². The summed E-state index contributed by atoms with van der Waals surface area (Å²) in [6.07, 6.45) is 6.13. The fourth-order valence-corrected chi connectivity index (χ4v) is 1.26. The van der Waals surface area contributed by atoms with E-state index in [0.29, 0.717) is 0 Å². The Balaban J connectivity index is 2.71. The first kappa shape index (κ1) is 9.17. The second-order valence-electron chi connectivity index (χ2n) is 2.84. The van der Waals surface area contributed by atoms with Crippen LogP contribution in [-0.4, -0.2) is 11.6 Å². The van der Waals surface area contributed by atoms with Crippen molar-refractivity contribution in [3.8, 4) is 0 Å². The van der Waals surface area contributed by atoms with Gasteiger partial charge in [-0.3, -0.25) is 0 Å². The maximum atomic E-state index is 5.44. The molecule has 0 atom stereocenters. The maximum absolute atomic E-state index is 5.44. The molecule has 0 aromatic rings. The van der Waals surface area contributed by atoms with Crippen molar-refractivity contribution in [2.45, 2.75) is 33.6 Å². The minimum absolute atomic E-state index is 0.910. The van der Waals surface area contributed by atoms with Gasteiger partial charge in [-0.2, -0.15) is 0 Å². The van der Waals surface area contributed by atoms with Gasteiger partial charge in [-0.15, -0.1) is 0 Å². The van der Waals surface area contributed by atoms with Crippen molar-refractivity contribution in [1.29, 1.82) is 0 Å². The number of hydrogen-bond donors (Lipinski definition) is 0. The van der Waals surface area contributed by atoms with Crippen molar-refractivity contribution in [3.63, 3.8) is 0 Å². The van der Waals surface area contributed by atoms with Crippen molar-refractivity contribution in [2.75, 3.05) is 6.54 Å². The normalized spacial score (nSPS) is 16.8. The van der Waals surface area contributed by atoms with Gasteiger partial charge in [0.25, 0.3) is 0 Å². The highest BCUT2D eigenvalue weighted by Gasteiger charge is 2.10. The molecule has 0 aromatic carbocycles. The average Bonchev–Trinajstić information content (AvgIpc) is 2.16. The van der Waals surface area contributed by atoms with Gasteiger partial charge in [0.05, 0.1) is 12.2 Å². The summed E-state index contributed by atoms with van der Waals surface area (Å²) in [4.78, 5) is 5.44. The van der Waals surface area contributed by atoms with E-state index in [2.05, 4.69) is 26.8 Å². The van der Waals surface area contributed by atoms with Crippen LogP contribution in [0.5, 0.6) is 0 Å². The third kappa shape index (κ3) is 1.81. The van der Waals surface area contributed by atoms with Crippen molar-refractivity contribution in [3.05, 3.63) is 23.6 Å². The first-order chi connectivity index (χ1) is 5.81. The van der Waals surface area contributed by atoms with Gasteiger partial charge in [-0.05, 0) is 31.4 Å². The van der Waals surface area contributed by atoms with Crippen LogP contribution in [0.1, 0.15) is 33.6 Å². The Morgan fingerprint density at radius 1 is 1.25 bits per heavy atom. The fraction of sp³-hybridized carbons (Fsp3) is 0.600. The minimum atomic E-state index is 0.910. The Hall–Kier alpha value is -0.920.